The Morgan fingerprint density at radius 2 is 2.14 bits per heavy atom. The third kappa shape index (κ3) is 1.51. The van der Waals surface area contributed by atoms with Crippen molar-refractivity contribution in [1.29, 1.82) is 0 Å². The van der Waals surface area contributed by atoms with Crippen LogP contribution in [-0.4, -0.2) is 6.54 Å². The lowest BCUT2D eigenvalue weighted by Crippen LogP contribution is -2.03. The van der Waals surface area contributed by atoms with Crippen LogP contribution < -0.4 is 5.73 Å². The summed E-state index contributed by atoms with van der Waals surface area (Å²) in [6.45, 7) is 0.541. The molecule has 0 aromatic heterocycles. The summed E-state index contributed by atoms with van der Waals surface area (Å²) in [4.78, 5) is 0. The van der Waals surface area contributed by atoms with E-state index in [0.29, 0.717) is 18.0 Å². The van der Waals surface area contributed by atoms with Gasteiger partial charge < -0.3 is 5.73 Å². The van der Waals surface area contributed by atoms with E-state index in [-0.39, 0.29) is 5.92 Å². The molecule has 1 aromatic carbocycles. The lowest BCUT2D eigenvalue weighted by molar-refractivity contribution is 0.571. The molecule has 0 saturated heterocycles. The van der Waals surface area contributed by atoms with Crippen LogP contribution in [0.15, 0.2) is 12.1 Å². The molecule has 4 heteroatoms. The molecule has 0 aliphatic heterocycles. The fourth-order valence-corrected chi connectivity index (χ4v) is 1.89. The smallest absolute Gasteiger partial charge is 0.148 e. The summed E-state index contributed by atoms with van der Waals surface area (Å²) in [6, 6.07) is 2.66. The third-order valence-corrected chi connectivity index (χ3v) is 3.04. The van der Waals surface area contributed by atoms with E-state index in [0.717, 1.165) is 6.42 Å². The molecule has 0 bridgehead atoms. The number of halogens is 3. The average Bonchev–Trinajstić information content (AvgIpc) is 2.94. The van der Waals surface area contributed by atoms with Crippen molar-refractivity contribution in [3.8, 4) is 0 Å². The number of benzene rings is 1. The molecule has 2 atom stereocenters. The van der Waals surface area contributed by atoms with Gasteiger partial charge in [-0.15, -0.1) is 0 Å². The van der Waals surface area contributed by atoms with E-state index >= 15 is 0 Å². The summed E-state index contributed by atoms with van der Waals surface area (Å²) in [6.07, 6.45) is 0.870. The number of rotatable bonds is 2. The van der Waals surface area contributed by atoms with Crippen LogP contribution >= 0.6 is 11.6 Å². The van der Waals surface area contributed by atoms with E-state index in [9.17, 15) is 8.78 Å². The van der Waals surface area contributed by atoms with Gasteiger partial charge in [0.1, 0.15) is 16.7 Å². The van der Waals surface area contributed by atoms with Gasteiger partial charge in [-0.05, 0) is 36.4 Å². The van der Waals surface area contributed by atoms with Crippen molar-refractivity contribution in [2.75, 3.05) is 6.54 Å². The largest absolute Gasteiger partial charge is 0.330 e. The van der Waals surface area contributed by atoms with Gasteiger partial charge in [-0.2, -0.15) is 0 Å². The van der Waals surface area contributed by atoms with E-state index < -0.39 is 16.7 Å². The van der Waals surface area contributed by atoms with Crippen molar-refractivity contribution in [3.63, 3.8) is 0 Å². The molecule has 0 amide bonds. The quantitative estimate of drug-likeness (QED) is 0.758. The maximum atomic E-state index is 13.5. The van der Waals surface area contributed by atoms with Crippen LogP contribution in [0.5, 0.6) is 0 Å². The summed E-state index contributed by atoms with van der Waals surface area (Å²) >= 11 is 5.46. The normalized spacial score (nSPS) is 25.1. The van der Waals surface area contributed by atoms with Gasteiger partial charge in [0.2, 0.25) is 0 Å². The van der Waals surface area contributed by atoms with Gasteiger partial charge >= 0.3 is 0 Å². The van der Waals surface area contributed by atoms with Crippen LogP contribution in [0.4, 0.5) is 8.78 Å². The van der Waals surface area contributed by atoms with Crippen molar-refractivity contribution in [2.45, 2.75) is 12.3 Å². The Bertz CT molecular complexity index is 367. The van der Waals surface area contributed by atoms with E-state index in [1.807, 2.05) is 0 Å². The number of nitrogens with two attached hydrogens (primary N) is 1. The van der Waals surface area contributed by atoms with Gasteiger partial charge in [0.05, 0.1) is 0 Å². The Kier molecular flexibility index (Phi) is 2.45. The van der Waals surface area contributed by atoms with Crippen molar-refractivity contribution in [2.24, 2.45) is 11.7 Å². The van der Waals surface area contributed by atoms with Gasteiger partial charge in [0.15, 0.2) is 0 Å². The van der Waals surface area contributed by atoms with Crippen LogP contribution in [0.3, 0.4) is 0 Å². The lowest BCUT2D eigenvalue weighted by atomic mass is 10.1. The fourth-order valence-electron chi connectivity index (χ4n) is 1.72. The zero-order valence-corrected chi connectivity index (χ0v) is 8.19. The molecular weight excluding hydrogens is 208 g/mol. The zero-order valence-electron chi connectivity index (χ0n) is 7.43. The van der Waals surface area contributed by atoms with Crippen LogP contribution in [0.1, 0.15) is 17.9 Å². The van der Waals surface area contributed by atoms with Gasteiger partial charge in [-0.25, -0.2) is 8.78 Å². The standard InChI is InChI=1S/C10H10ClF2N/c11-9-8(12)2-1-6(10(9)13)7-3-5(7)4-14/h1-2,5,7H,3-4,14H2/t5-,7+/m0/s1. The molecule has 2 N–H and O–H groups in total. The van der Waals surface area contributed by atoms with Crippen molar-refractivity contribution in [3.05, 3.63) is 34.4 Å². The first kappa shape index (κ1) is 9.87. The van der Waals surface area contributed by atoms with Crippen LogP contribution in [0.2, 0.25) is 5.02 Å². The van der Waals surface area contributed by atoms with Gasteiger partial charge in [-0.3, -0.25) is 0 Å². The van der Waals surface area contributed by atoms with E-state index in [1.54, 1.807) is 0 Å². The second-order valence-electron chi connectivity index (χ2n) is 3.60. The second-order valence-corrected chi connectivity index (χ2v) is 3.98. The molecule has 1 aliphatic rings. The highest BCUT2D eigenvalue weighted by Crippen LogP contribution is 2.48. The van der Waals surface area contributed by atoms with Crippen LogP contribution in [0.25, 0.3) is 0 Å². The molecule has 1 saturated carbocycles. The molecule has 0 unspecified atom stereocenters. The molecular formula is C10H10ClF2N. The van der Waals surface area contributed by atoms with E-state index in [4.69, 9.17) is 17.3 Å². The van der Waals surface area contributed by atoms with Crippen molar-refractivity contribution in [1.82, 2.24) is 0 Å². The molecule has 1 fully saturated rings. The predicted octanol–water partition coefficient (Wildman–Crippen LogP) is 2.68. The summed E-state index contributed by atoms with van der Waals surface area (Å²) in [5.41, 5.74) is 5.94. The molecule has 2 rings (SSSR count). The Balaban J connectivity index is 2.32. The first-order valence-corrected chi connectivity index (χ1v) is 4.86. The third-order valence-electron chi connectivity index (χ3n) is 2.69. The Morgan fingerprint density at radius 3 is 2.71 bits per heavy atom. The molecule has 0 spiro atoms. The van der Waals surface area contributed by atoms with Crippen molar-refractivity contribution < 1.29 is 8.78 Å². The minimum Gasteiger partial charge on any atom is -0.330 e. The Morgan fingerprint density at radius 1 is 1.43 bits per heavy atom. The molecule has 1 nitrogen and oxygen atoms in total. The highest BCUT2D eigenvalue weighted by molar-refractivity contribution is 6.30. The predicted molar refractivity (Wildman–Crippen MR) is 51.3 cm³/mol. The molecule has 14 heavy (non-hydrogen) atoms. The van der Waals surface area contributed by atoms with Crippen LogP contribution in [0, 0.1) is 17.6 Å². The maximum Gasteiger partial charge on any atom is 0.148 e. The monoisotopic (exact) mass is 217 g/mol. The van der Waals surface area contributed by atoms with Gasteiger partial charge in [-0.1, -0.05) is 17.7 Å². The molecule has 76 valence electrons. The lowest BCUT2D eigenvalue weighted by Gasteiger charge is -2.04. The molecule has 0 radical (unpaired) electrons. The summed E-state index contributed by atoms with van der Waals surface area (Å²) in [5.74, 6) is -0.894. The molecule has 0 heterocycles. The number of hydrogen-bond donors (Lipinski definition) is 1. The topological polar surface area (TPSA) is 26.0 Å². The van der Waals surface area contributed by atoms with Gasteiger partial charge in [0.25, 0.3) is 0 Å². The van der Waals surface area contributed by atoms with Crippen LogP contribution in [-0.2, 0) is 0 Å². The second kappa shape index (κ2) is 3.48. The Labute approximate surface area is 85.9 Å². The highest BCUT2D eigenvalue weighted by Gasteiger charge is 2.39. The SMILES string of the molecule is NC[C@@H]1C[C@H]1c1ccc(F)c(Cl)c1F. The molecule has 1 aromatic rings. The van der Waals surface area contributed by atoms with E-state index in [2.05, 4.69) is 0 Å². The van der Waals surface area contributed by atoms with Crippen molar-refractivity contribution >= 4 is 11.6 Å². The Hall–Kier alpha value is -0.670. The minimum atomic E-state index is -0.710. The first-order valence-electron chi connectivity index (χ1n) is 4.48. The van der Waals surface area contributed by atoms with Gasteiger partial charge in [0, 0.05) is 0 Å². The highest BCUT2D eigenvalue weighted by atomic mass is 35.5. The molecule has 1 aliphatic carbocycles. The zero-order chi connectivity index (χ0) is 10.3. The fraction of sp³-hybridized carbons (Fsp3) is 0.400. The van der Waals surface area contributed by atoms with E-state index in [1.165, 1.54) is 12.1 Å². The number of hydrogen-bond acceptors (Lipinski definition) is 1. The first-order chi connectivity index (χ1) is 6.65. The minimum absolute atomic E-state index is 0.123. The maximum absolute atomic E-state index is 13.5. The average molecular weight is 218 g/mol. The summed E-state index contributed by atoms with van der Waals surface area (Å²) in [5, 5.41) is -0.412. The summed E-state index contributed by atoms with van der Waals surface area (Å²) in [7, 11) is 0. The summed E-state index contributed by atoms with van der Waals surface area (Å²) < 4.78 is 26.3.